The number of likely N-dealkylation sites (tertiary alicyclic amines) is 1. The summed E-state index contributed by atoms with van der Waals surface area (Å²) in [5.41, 5.74) is -1.12. The number of pyridine rings is 1. The molecule has 0 radical (unpaired) electrons. The van der Waals surface area contributed by atoms with Gasteiger partial charge in [0.25, 0.3) is 5.91 Å². The van der Waals surface area contributed by atoms with Gasteiger partial charge in [-0.05, 0) is 18.9 Å². The van der Waals surface area contributed by atoms with E-state index in [-0.39, 0.29) is 46.7 Å². The maximum Gasteiger partial charge on any atom is 0.417 e. The lowest BCUT2D eigenvalue weighted by molar-refractivity contribution is -0.136. The van der Waals surface area contributed by atoms with Crippen molar-refractivity contribution in [3.05, 3.63) is 22.6 Å². The number of alkyl halides is 3. The molecule has 12 heteroatoms. The first kappa shape index (κ1) is 20.5. The lowest BCUT2D eigenvalue weighted by Gasteiger charge is -2.29. The lowest BCUT2D eigenvalue weighted by atomic mass is 10.1. The quantitative estimate of drug-likeness (QED) is 0.772. The van der Waals surface area contributed by atoms with Gasteiger partial charge >= 0.3 is 12.3 Å². The molecule has 0 bridgehead atoms. The number of thiophene rings is 1. The van der Waals surface area contributed by atoms with E-state index in [9.17, 15) is 27.0 Å². The molecule has 7 nitrogen and oxygen atoms in total. The summed E-state index contributed by atoms with van der Waals surface area (Å²) in [6, 6.07) is 0.770. The molecule has 0 aliphatic carbocycles. The highest BCUT2D eigenvalue weighted by Gasteiger charge is 2.37. The van der Waals surface area contributed by atoms with Crippen LogP contribution in [0.1, 0.15) is 28.8 Å². The third-order valence-electron chi connectivity index (χ3n) is 4.50. The number of halogens is 3. The molecule has 1 unspecified atom stereocenters. The van der Waals surface area contributed by atoms with E-state index >= 15 is 0 Å². The van der Waals surface area contributed by atoms with Gasteiger partial charge in [0.2, 0.25) is 0 Å². The van der Waals surface area contributed by atoms with E-state index in [1.54, 1.807) is 0 Å². The number of nitrogens with zero attached hydrogens (tertiary/aromatic N) is 2. The highest BCUT2D eigenvalue weighted by molar-refractivity contribution is 7.85. The van der Waals surface area contributed by atoms with Gasteiger partial charge < -0.3 is 15.3 Å². The van der Waals surface area contributed by atoms with Crippen LogP contribution < -0.4 is 5.32 Å². The summed E-state index contributed by atoms with van der Waals surface area (Å²) in [7, 11) is -0.509. The number of piperidine rings is 1. The van der Waals surface area contributed by atoms with Crippen molar-refractivity contribution in [2.45, 2.75) is 29.3 Å². The van der Waals surface area contributed by atoms with E-state index in [0.717, 1.165) is 17.4 Å². The van der Waals surface area contributed by atoms with E-state index in [4.69, 9.17) is 5.11 Å². The average molecular weight is 435 g/mol. The second-order valence-electron chi connectivity index (χ2n) is 6.18. The maximum absolute atomic E-state index is 13.5. The Hall–Kier alpha value is -2.21. The van der Waals surface area contributed by atoms with Crippen LogP contribution in [-0.2, 0) is 17.0 Å². The molecule has 3 rings (SSSR count). The molecule has 0 aromatic carbocycles. The number of rotatable bonds is 3. The monoisotopic (exact) mass is 435 g/mol. The number of aromatic nitrogens is 1. The number of nitrogens with one attached hydrogen (secondary N) is 1. The molecule has 1 aliphatic rings. The zero-order valence-corrected chi connectivity index (χ0v) is 16.2. The van der Waals surface area contributed by atoms with Gasteiger partial charge in [-0.15, -0.1) is 11.3 Å². The largest absolute Gasteiger partial charge is 0.465 e. The van der Waals surface area contributed by atoms with Crippen molar-refractivity contribution in [3.63, 3.8) is 0 Å². The van der Waals surface area contributed by atoms with Crippen LogP contribution in [0.3, 0.4) is 0 Å². The van der Waals surface area contributed by atoms with Crippen LogP contribution in [0, 0.1) is 0 Å². The van der Waals surface area contributed by atoms with E-state index < -0.39 is 39.8 Å². The fourth-order valence-corrected chi connectivity index (χ4v) is 5.45. The molecule has 2 amide bonds. The van der Waals surface area contributed by atoms with Crippen molar-refractivity contribution in [2.24, 2.45) is 0 Å². The van der Waals surface area contributed by atoms with E-state index in [0.29, 0.717) is 0 Å². The Bertz CT molecular complexity index is 952. The smallest absolute Gasteiger partial charge is 0.417 e. The Morgan fingerprint density at radius 1 is 1.36 bits per heavy atom. The second-order valence-corrected chi connectivity index (χ2v) is 8.74. The Morgan fingerprint density at radius 3 is 2.54 bits per heavy atom. The zero-order valence-electron chi connectivity index (χ0n) is 14.6. The summed E-state index contributed by atoms with van der Waals surface area (Å²) < 4.78 is 53.3. The lowest BCUT2D eigenvalue weighted by Crippen LogP contribution is -2.40. The minimum atomic E-state index is -4.70. The molecule has 3 heterocycles. The van der Waals surface area contributed by atoms with Crippen LogP contribution in [0.5, 0.6) is 0 Å². The molecule has 1 fully saturated rings. The van der Waals surface area contributed by atoms with Crippen molar-refractivity contribution >= 4 is 44.4 Å². The van der Waals surface area contributed by atoms with E-state index in [1.807, 2.05) is 0 Å². The molecular weight excluding hydrogens is 419 g/mol. The normalized spacial score (nSPS) is 16.9. The van der Waals surface area contributed by atoms with E-state index in [1.165, 1.54) is 17.3 Å². The minimum absolute atomic E-state index is 0.00690. The summed E-state index contributed by atoms with van der Waals surface area (Å²) in [5, 5.41) is 11.9. The van der Waals surface area contributed by atoms with Gasteiger partial charge in [0.1, 0.15) is 5.03 Å². The minimum Gasteiger partial charge on any atom is -0.465 e. The summed E-state index contributed by atoms with van der Waals surface area (Å²) >= 11 is 0.756. The van der Waals surface area contributed by atoms with Crippen LogP contribution in [0.25, 0.3) is 10.2 Å². The number of hydrogen-bond donors (Lipinski definition) is 2. The molecule has 0 spiro atoms. The highest BCUT2D eigenvalue weighted by Crippen LogP contribution is 2.39. The van der Waals surface area contributed by atoms with Crippen LogP contribution in [0.15, 0.2) is 16.5 Å². The molecule has 1 saturated heterocycles. The fraction of sp³-hybridized carbons (Fsp3) is 0.438. The van der Waals surface area contributed by atoms with Gasteiger partial charge in [-0.3, -0.25) is 9.00 Å². The van der Waals surface area contributed by atoms with Crippen molar-refractivity contribution in [3.8, 4) is 0 Å². The first-order valence-electron chi connectivity index (χ1n) is 8.23. The van der Waals surface area contributed by atoms with Crippen LogP contribution in [-0.4, -0.2) is 56.6 Å². The molecule has 0 saturated carbocycles. The van der Waals surface area contributed by atoms with Crippen molar-refractivity contribution in [1.29, 1.82) is 0 Å². The van der Waals surface area contributed by atoms with Crippen molar-refractivity contribution in [1.82, 2.24) is 15.2 Å². The summed E-state index contributed by atoms with van der Waals surface area (Å²) in [6.45, 7) is 0.310. The Morgan fingerprint density at radius 2 is 2.00 bits per heavy atom. The first-order chi connectivity index (χ1) is 13.1. The predicted molar refractivity (Wildman–Crippen MR) is 97.0 cm³/mol. The van der Waals surface area contributed by atoms with Crippen molar-refractivity contribution < 1.29 is 32.1 Å². The Balaban J connectivity index is 2.02. The molecule has 2 N–H and O–H groups in total. The molecular formula is C16H16F3N3O4S2. The number of carbonyl (C=O) groups is 2. The Labute approximate surface area is 164 Å². The SMILES string of the molecule is CNC(=O)c1csc2c(C(F)(F)F)cc(S(=O)C3CCN(C(=O)O)CC3)nc12. The van der Waals surface area contributed by atoms with Gasteiger partial charge in [-0.2, -0.15) is 13.2 Å². The molecule has 2 aromatic heterocycles. The van der Waals surface area contributed by atoms with Gasteiger partial charge in [-0.25, -0.2) is 9.78 Å². The van der Waals surface area contributed by atoms with Crippen LogP contribution >= 0.6 is 11.3 Å². The second kappa shape index (κ2) is 7.66. The van der Waals surface area contributed by atoms with Gasteiger partial charge in [-0.1, -0.05) is 0 Å². The van der Waals surface area contributed by atoms with Crippen LogP contribution in [0.4, 0.5) is 18.0 Å². The summed E-state index contributed by atoms with van der Waals surface area (Å²) in [4.78, 5) is 28.2. The standard InChI is InChI=1S/C16H16F3N3O4S2/c1-20-14(23)9-7-27-13-10(16(17,18)19)6-11(21-12(9)13)28(26)8-2-4-22(5-3-8)15(24)25/h6-8H,2-5H2,1H3,(H,20,23)(H,24,25). The molecule has 1 aliphatic heterocycles. The Kier molecular flexibility index (Phi) is 5.62. The number of fused-ring (bicyclic) bond motifs is 1. The highest BCUT2D eigenvalue weighted by atomic mass is 32.2. The molecule has 152 valence electrons. The number of amides is 2. The maximum atomic E-state index is 13.5. The number of hydrogen-bond acceptors (Lipinski definition) is 5. The van der Waals surface area contributed by atoms with E-state index in [2.05, 4.69) is 10.3 Å². The molecule has 28 heavy (non-hydrogen) atoms. The third kappa shape index (κ3) is 3.83. The topological polar surface area (TPSA) is 99.6 Å². The third-order valence-corrected chi connectivity index (χ3v) is 7.20. The molecule has 2 aromatic rings. The summed E-state index contributed by atoms with van der Waals surface area (Å²) in [6.07, 6.45) is -5.27. The predicted octanol–water partition coefficient (Wildman–Crippen LogP) is 2.92. The van der Waals surface area contributed by atoms with Gasteiger partial charge in [0.05, 0.1) is 32.1 Å². The van der Waals surface area contributed by atoms with Crippen LogP contribution in [0.2, 0.25) is 0 Å². The van der Waals surface area contributed by atoms with Gasteiger partial charge in [0.15, 0.2) is 0 Å². The summed E-state index contributed by atoms with van der Waals surface area (Å²) in [5.74, 6) is -0.579. The number of carboxylic acid groups (broad SMARTS) is 1. The average Bonchev–Trinajstić information content (AvgIpc) is 3.09. The molecule has 1 atom stereocenters. The van der Waals surface area contributed by atoms with Gasteiger partial charge in [0, 0.05) is 30.8 Å². The number of carbonyl (C=O) groups excluding carboxylic acids is 1. The fourth-order valence-electron chi connectivity index (χ4n) is 3.03. The van der Waals surface area contributed by atoms with Crippen molar-refractivity contribution in [2.75, 3.05) is 20.1 Å². The first-order valence-corrected chi connectivity index (χ1v) is 10.3. The zero-order chi connectivity index (χ0) is 20.6.